The van der Waals surface area contributed by atoms with Gasteiger partial charge in [0.2, 0.25) is 0 Å². The van der Waals surface area contributed by atoms with E-state index < -0.39 is 0 Å². The van der Waals surface area contributed by atoms with Gasteiger partial charge in [-0.1, -0.05) is 13.8 Å². The lowest BCUT2D eigenvalue weighted by Gasteiger charge is -2.53. The summed E-state index contributed by atoms with van der Waals surface area (Å²) in [6, 6.07) is 0. The van der Waals surface area contributed by atoms with Crippen molar-refractivity contribution in [2.45, 2.75) is 58.1 Å². The van der Waals surface area contributed by atoms with Crippen LogP contribution in [0.5, 0.6) is 0 Å². The lowest BCUT2D eigenvalue weighted by molar-refractivity contribution is -0.1000. The van der Waals surface area contributed by atoms with Crippen LogP contribution in [0.15, 0.2) is 0 Å². The molecule has 96 valence electrons. The molecule has 1 saturated carbocycles. The summed E-state index contributed by atoms with van der Waals surface area (Å²) < 4.78 is 5.66. The van der Waals surface area contributed by atoms with Gasteiger partial charge in [-0.15, -0.1) is 0 Å². The van der Waals surface area contributed by atoms with Crippen LogP contribution in [0.2, 0.25) is 0 Å². The van der Waals surface area contributed by atoms with Gasteiger partial charge in [-0.3, -0.25) is 4.90 Å². The second-order valence-corrected chi connectivity index (χ2v) is 4.90. The number of nitrogens with two attached hydrogens (primary N) is 1. The molecule has 0 unspecified atom stereocenters. The van der Waals surface area contributed by atoms with Crippen LogP contribution in [-0.2, 0) is 4.74 Å². The summed E-state index contributed by atoms with van der Waals surface area (Å²) in [5.74, 6) is 0. The van der Waals surface area contributed by atoms with E-state index in [9.17, 15) is 0 Å². The van der Waals surface area contributed by atoms with Crippen LogP contribution >= 0.6 is 0 Å². The highest BCUT2D eigenvalue weighted by molar-refractivity contribution is 5.04. The first-order valence-electron chi connectivity index (χ1n) is 6.79. The molecule has 0 atom stereocenters. The van der Waals surface area contributed by atoms with Crippen molar-refractivity contribution in [3.05, 3.63) is 0 Å². The molecule has 0 aromatic carbocycles. The molecule has 1 rings (SSSR count). The Labute approximate surface area is 100 Å². The predicted octanol–water partition coefficient (Wildman–Crippen LogP) is 2.00. The van der Waals surface area contributed by atoms with Crippen LogP contribution in [0.1, 0.15) is 46.5 Å². The summed E-state index contributed by atoms with van der Waals surface area (Å²) in [7, 11) is 0. The van der Waals surface area contributed by atoms with Crippen LogP contribution < -0.4 is 5.73 Å². The second kappa shape index (κ2) is 6.58. The highest BCUT2D eigenvalue weighted by Crippen LogP contribution is 2.39. The molecule has 0 aromatic rings. The molecule has 1 aliphatic carbocycles. The lowest BCUT2D eigenvalue weighted by Crippen LogP contribution is -2.64. The molecule has 0 aromatic heterocycles. The third kappa shape index (κ3) is 2.96. The van der Waals surface area contributed by atoms with Crippen molar-refractivity contribution in [2.75, 3.05) is 26.2 Å². The van der Waals surface area contributed by atoms with Gasteiger partial charge in [-0.25, -0.2) is 0 Å². The van der Waals surface area contributed by atoms with Gasteiger partial charge < -0.3 is 10.5 Å². The van der Waals surface area contributed by atoms with Crippen molar-refractivity contribution in [3.8, 4) is 0 Å². The van der Waals surface area contributed by atoms with E-state index in [2.05, 4.69) is 25.7 Å². The maximum atomic E-state index is 5.99. The van der Waals surface area contributed by atoms with Gasteiger partial charge in [-0.05, 0) is 45.7 Å². The summed E-state index contributed by atoms with van der Waals surface area (Å²) in [5.41, 5.74) is 6.23. The summed E-state index contributed by atoms with van der Waals surface area (Å²) in [6.07, 6.45) is 5.11. The van der Waals surface area contributed by atoms with Crippen LogP contribution in [0.25, 0.3) is 0 Å². The third-order valence-electron chi connectivity index (χ3n) is 3.66. The molecule has 2 N–H and O–H groups in total. The lowest BCUT2D eigenvalue weighted by atomic mass is 9.72. The van der Waals surface area contributed by atoms with Gasteiger partial charge in [0.25, 0.3) is 0 Å². The summed E-state index contributed by atoms with van der Waals surface area (Å²) in [5, 5.41) is 0. The average Bonchev–Trinajstić information content (AvgIpc) is 2.23. The molecule has 0 aliphatic heterocycles. The number of hydrogen-bond donors (Lipinski definition) is 1. The Morgan fingerprint density at radius 1 is 1.19 bits per heavy atom. The molecule has 0 radical (unpaired) electrons. The Bertz CT molecular complexity index is 184. The van der Waals surface area contributed by atoms with Crippen molar-refractivity contribution in [1.29, 1.82) is 0 Å². The minimum Gasteiger partial charge on any atom is -0.378 e. The van der Waals surface area contributed by atoms with Gasteiger partial charge in [-0.2, -0.15) is 0 Å². The van der Waals surface area contributed by atoms with Gasteiger partial charge in [0, 0.05) is 18.7 Å². The van der Waals surface area contributed by atoms with Crippen molar-refractivity contribution in [3.63, 3.8) is 0 Å². The SMILES string of the molecule is CCCN(CCC)C1(CN)CC(OCC)C1. The molecule has 3 heteroatoms. The fourth-order valence-electron chi connectivity index (χ4n) is 2.82. The van der Waals surface area contributed by atoms with Crippen molar-refractivity contribution in [2.24, 2.45) is 5.73 Å². The minimum atomic E-state index is 0.242. The Morgan fingerprint density at radius 2 is 1.75 bits per heavy atom. The number of rotatable bonds is 8. The smallest absolute Gasteiger partial charge is 0.0611 e. The molecule has 0 spiro atoms. The molecule has 16 heavy (non-hydrogen) atoms. The standard InChI is InChI=1S/C13H28N2O/c1-4-7-15(8-5-2)13(11-14)9-12(10-13)16-6-3/h12H,4-11,14H2,1-3H3. The van der Waals surface area contributed by atoms with E-state index in [1.54, 1.807) is 0 Å². The summed E-state index contributed by atoms with van der Waals surface area (Å²) in [6.45, 7) is 10.5. The van der Waals surface area contributed by atoms with E-state index in [4.69, 9.17) is 10.5 Å². The number of ether oxygens (including phenoxy) is 1. The predicted molar refractivity (Wildman–Crippen MR) is 68.6 cm³/mol. The molecule has 1 fully saturated rings. The van der Waals surface area contributed by atoms with Gasteiger partial charge >= 0.3 is 0 Å². The van der Waals surface area contributed by atoms with Crippen molar-refractivity contribution >= 4 is 0 Å². The first-order valence-corrected chi connectivity index (χ1v) is 6.79. The van der Waals surface area contributed by atoms with E-state index >= 15 is 0 Å². The number of hydrogen-bond acceptors (Lipinski definition) is 3. The highest BCUT2D eigenvalue weighted by Gasteiger charge is 2.47. The molecule has 1 aliphatic rings. The normalized spacial score (nSPS) is 29.4. The maximum Gasteiger partial charge on any atom is 0.0611 e. The third-order valence-corrected chi connectivity index (χ3v) is 3.66. The zero-order valence-corrected chi connectivity index (χ0v) is 11.2. The fraction of sp³-hybridized carbons (Fsp3) is 1.00. The zero-order valence-electron chi connectivity index (χ0n) is 11.2. The van der Waals surface area contributed by atoms with Crippen molar-refractivity contribution < 1.29 is 4.74 Å². The fourth-order valence-corrected chi connectivity index (χ4v) is 2.82. The van der Waals surface area contributed by atoms with Gasteiger partial charge in [0.1, 0.15) is 0 Å². The maximum absolute atomic E-state index is 5.99. The summed E-state index contributed by atoms with van der Waals surface area (Å²) >= 11 is 0. The van der Waals surface area contributed by atoms with Gasteiger partial charge in [0.05, 0.1) is 6.10 Å². The van der Waals surface area contributed by atoms with E-state index in [0.717, 1.165) is 26.0 Å². The Balaban J connectivity index is 2.51. The summed E-state index contributed by atoms with van der Waals surface area (Å²) in [4.78, 5) is 2.59. The average molecular weight is 228 g/mol. The Kier molecular flexibility index (Phi) is 5.73. The second-order valence-electron chi connectivity index (χ2n) is 4.90. The van der Waals surface area contributed by atoms with Crippen LogP contribution in [0, 0.1) is 0 Å². The molecule has 0 amide bonds. The molecular formula is C13H28N2O. The Hall–Kier alpha value is -0.120. The molecule has 0 heterocycles. The van der Waals surface area contributed by atoms with Gasteiger partial charge in [0.15, 0.2) is 0 Å². The topological polar surface area (TPSA) is 38.5 Å². The van der Waals surface area contributed by atoms with Crippen LogP contribution in [0.4, 0.5) is 0 Å². The van der Waals surface area contributed by atoms with Crippen LogP contribution in [0.3, 0.4) is 0 Å². The van der Waals surface area contributed by atoms with Crippen molar-refractivity contribution in [1.82, 2.24) is 4.90 Å². The van der Waals surface area contributed by atoms with Crippen LogP contribution in [-0.4, -0.2) is 42.8 Å². The minimum absolute atomic E-state index is 0.242. The zero-order chi connectivity index (χ0) is 12.0. The Morgan fingerprint density at radius 3 is 2.12 bits per heavy atom. The molecule has 3 nitrogen and oxygen atoms in total. The largest absolute Gasteiger partial charge is 0.378 e. The molecule has 0 bridgehead atoms. The first kappa shape index (κ1) is 13.9. The van der Waals surface area contributed by atoms with E-state index in [-0.39, 0.29) is 5.54 Å². The monoisotopic (exact) mass is 228 g/mol. The molecule has 0 saturated heterocycles. The van der Waals surface area contributed by atoms with E-state index in [1.807, 2.05) is 0 Å². The number of nitrogens with zero attached hydrogens (tertiary/aromatic N) is 1. The van der Waals surface area contributed by atoms with E-state index in [0.29, 0.717) is 6.10 Å². The quantitative estimate of drug-likeness (QED) is 0.690. The van der Waals surface area contributed by atoms with E-state index in [1.165, 1.54) is 25.9 Å². The molecular weight excluding hydrogens is 200 g/mol. The first-order chi connectivity index (χ1) is 7.72. The highest BCUT2D eigenvalue weighted by atomic mass is 16.5.